The van der Waals surface area contributed by atoms with Crippen LogP contribution < -0.4 is 10.6 Å². The first-order valence-electron chi connectivity index (χ1n) is 10.9. The van der Waals surface area contributed by atoms with Crippen LogP contribution in [0.25, 0.3) is 0 Å². The van der Waals surface area contributed by atoms with E-state index < -0.39 is 0 Å². The molecule has 3 saturated heterocycles. The summed E-state index contributed by atoms with van der Waals surface area (Å²) in [5.41, 5.74) is 1.23. The fourth-order valence-electron chi connectivity index (χ4n) is 4.70. The van der Waals surface area contributed by atoms with Gasteiger partial charge in [-0.3, -0.25) is 9.89 Å². The third-order valence-electron chi connectivity index (χ3n) is 6.34. The predicted molar refractivity (Wildman–Crippen MR) is 115 cm³/mol. The normalized spacial score (nSPS) is 28.6. The van der Waals surface area contributed by atoms with E-state index in [1.54, 1.807) is 0 Å². The highest BCUT2D eigenvalue weighted by atomic mass is 35.5. The van der Waals surface area contributed by atoms with Gasteiger partial charge in [-0.05, 0) is 69.7 Å². The number of guanidine groups is 1. The standard InChI is InChI=1S/C22H33ClN4O/c1-2-24-22(26-20-13-18-7-8-21(20)28-18)25-14-16-9-11-27(12-10-16)15-17-5-3-4-6-19(17)23/h3-6,16,18,20-21H,2,7-15H2,1H3,(H2,24,25,26). The van der Waals surface area contributed by atoms with E-state index in [9.17, 15) is 0 Å². The summed E-state index contributed by atoms with van der Waals surface area (Å²) in [6, 6.07) is 8.60. The van der Waals surface area contributed by atoms with E-state index in [4.69, 9.17) is 21.3 Å². The molecule has 0 saturated carbocycles. The summed E-state index contributed by atoms with van der Waals surface area (Å²) >= 11 is 6.31. The minimum atomic E-state index is 0.377. The predicted octanol–water partition coefficient (Wildman–Crippen LogP) is 3.43. The molecular formula is C22H33ClN4O. The zero-order valence-electron chi connectivity index (χ0n) is 16.9. The number of likely N-dealkylation sites (tertiary alicyclic amines) is 1. The van der Waals surface area contributed by atoms with Crippen LogP contribution in [0.4, 0.5) is 0 Å². The molecule has 2 N–H and O–H groups in total. The van der Waals surface area contributed by atoms with Crippen molar-refractivity contribution in [2.75, 3.05) is 26.2 Å². The van der Waals surface area contributed by atoms with Gasteiger partial charge in [-0.15, -0.1) is 0 Å². The highest BCUT2D eigenvalue weighted by Gasteiger charge is 2.41. The number of piperidine rings is 1. The molecule has 1 aromatic carbocycles. The molecule has 3 unspecified atom stereocenters. The number of fused-ring (bicyclic) bond motifs is 2. The molecule has 3 atom stereocenters. The Balaban J connectivity index is 1.24. The Morgan fingerprint density at radius 3 is 2.71 bits per heavy atom. The molecule has 154 valence electrons. The molecule has 0 aromatic heterocycles. The Labute approximate surface area is 173 Å². The van der Waals surface area contributed by atoms with E-state index in [0.29, 0.717) is 24.2 Å². The smallest absolute Gasteiger partial charge is 0.191 e. The van der Waals surface area contributed by atoms with Gasteiger partial charge in [-0.25, -0.2) is 0 Å². The average molecular weight is 405 g/mol. The molecule has 5 nitrogen and oxygen atoms in total. The van der Waals surface area contributed by atoms with Gasteiger partial charge in [0.05, 0.1) is 18.2 Å². The van der Waals surface area contributed by atoms with Gasteiger partial charge in [-0.2, -0.15) is 0 Å². The topological polar surface area (TPSA) is 48.9 Å². The second-order valence-corrected chi connectivity index (χ2v) is 8.80. The second kappa shape index (κ2) is 9.47. The molecule has 2 bridgehead atoms. The van der Waals surface area contributed by atoms with E-state index in [2.05, 4.69) is 34.6 Å². The quantitative estimate of drug-likeness (QED) is 0.563. The molecule has 0 radical (unpaired) electrons. The summed E-state index contributed by atoms with van der Waals surface area (Å²) in [6.45, 7) is 7.11. The number of aliphatic imine (C=N–C) groups is 1. The molecule has 1 aromatic rings. The molecule has 3 aliphatic heterocycles. The number of nitrogens with one attached hydrogen (secondary N) is 2. The van der Waals surface area contributed by atoms with Crippen LogP contribution in [0.15, 0.2) is 29.3 Å². The van der Waals surface area contributed by atoms with Gasteiger partial charge in [0.2, 0.25) is 0 Å². The Hall–Kier alpha value is -1.30. The third-order valence-corrected chi connectivity index (χ3v) is 6.71. The van der Waals surface area contributed by atoms with E-state index in [-0.39, 0.29) is 0 Å². The molecule has 0 aliphatic carbocycles. The van der Waals surface area contributed by atoms with Crippen molar-refractivity contribution in [2.24, 2.45) is 10.9 Å². The van der Waals surface area contributed by atoms with Crippen molar-refractivity contribution in [3.05, 3.63) is 34.9 Å². The molecule has 0 spiro atoms. The average Bonchev–Trinajstić information content (AvgIpc) is 3.32. The van der Waals surface area contributed by atoms with Crippen LogP contribution in [-0.4, -0.2) is 55.3 Å². The summed E-state index contributed by atoms with van der Waals surface area (Å²) in [6.07, 6.45) is 6.77. The monoisotopic (exact) mass is 404 g/mol. The minimum Gasteiger partial charge on any atom is -0.373 e. The molecule has 28 heavy (non-hydrogen) atoms. The van der Waals surface area contributed by atoms with Gasteiger partial charge in [0, 0.05) is 24.7 Å². The van der Waals surface area contributed by atoms with E-state index >= 15 is 0 Å². The SMILES string of the molecule is CCNC(=NCC1CCN(Cc2ccccc2Cl)CC1)NC1CC2CCC1O2. The number of hydrogen-bond acceptors (Lipinski definition) is 3. The fraction of sp³-hybridized carbons (Fsp3) is 0.682. The lowest BCUT2D eigenvalue weighted by molar-refractivity contribution is 0.0992. The van der Waals surface area contributed by atoms with E-state index in [0.717, 1.165) is 50.1 Å². The first kappa shape index (κ1) is 20.0. The second-order valence-electron chi connectivity index (χ2n) is 8.39. The van der Waals surface area contributed by atoms with Crippen molar-refractivity contribution in [1.82, 2.24) is 15.5 Å². The van der Waals surface area contributed by atoms with Gasteiger partial charge in [0.15, 0.2) is 5.96 Å². The first-order chi connectivity index (χ1) is 13.7. The summed E-state index contributed by atoms with van der Waals surface area (Å²) in [7, 11) is 0. The summed E-state index contributed by atoms with van der Waals surface area (Å²) in [5, 5.41) is 7.91. The number of nitrogens with zero attached hydrogens (tertiary/aromatic N) is 2. The Morgan fingerprint density at radius 1 is 1.21 bits per heavy atom. The maximum Gasteiger partial charge on any atom is 0.191 e. The van der Waals surface area contributed by atoms with Crippen LogP contribution in [0.2, 0.25) is 5.02 Å². The van der Waals surface area contributed by atoms with Crippen LogP contribution in [0.1, 0.15) is 44.6 Å². The number of halogens is 1. The highest BCUT2D eigenvalue weighted by molar-refractivity contribution is 6.31. The molecule has 3 fully saturated rings. The van der Waals surface area contributed by atoms with Crippen molar-refractivity contribution < 1.29 is 4.74 Å². The molecular weight excluding hydrogens is 372 g/mol. The molecule has 3 heterocycles. The van der Waals surface area contributed by atoms with Gasteiger partial charge >= 0.3 is 0 Å². The maximum absolute atomic E-state index is 6.31. The Bertz CT molecular complexity index is 674. The van der Waals surface area contributed by atoms with Gasteiger partial charge in [0.1, 0.15) is 0 Å². The number of hydrogen-bond donors (Lipinski definition) is 2. The highest BCUT2D eigenvalue weighted by Crippen LogP contribution is 2.34. The van der Waals surface area contributed by atoms with E-state index in [1.165, 1.54) is 31.2 Å². The lowest BCUT2D eigenvalue weighted by Gasteiger charge is -2.31. The molecule has 0 amide bonds. The number of rotatable bonds is 6. The van der Waals surface area contributed by atoms with E-state index in [1.807, 2.05) is 12.1 Å². The van der Waals surface area contributed by atoms with Gasteiger partial charge < -0.3 is 15.4 Å². The lowest BCUT2D eigenvalue weighted by Crippen LogP contribution is -2.47. The molecule has 6 heteroatoms. The zero-order valence-corrected chi connectivity index (χ0v) is 17.6. The van der Waals surface area contributed by atoms with Crippen LogP contribution in [0.3, 0.4) is 0 Å². The van der Waals surface area contributed by atoms with Crippen LogP contribution in [0, 0.1) is 5.92 Å². The maximum atomic E-state index is 6.31. The van der Waals surface area contributed by atoms with Gasteiger partial charge in [-0.1, -0.05) is 29.8 Å². The Morgan fingerprint density at radius 2 is 2.04 bits per heavy atom. The first-order valence-corrected chi connectivity index (χ1v) is 11.2. The summed E-state index contributed by atoms with van der Waals surface area (Å²) in [5.74, 6) is 1.62. The van der Waals surface area contributed by atoms with Crippen LogP contribution >= 0.6 is 11.6 Å². The van der Waals surface area contributed by atoms with Crippen molar-refractivity contribution in [2.45, 2.75) is 63.8 Å². The van der Waals surface area contributed by atoms with Crippen LogP contribution in [-0.2, 0) is 11.3 Å². The minimum absolute atomic E-state index is 0.377. The summed E-state index contributed by atoms with van der Waals surface area (Å²) in [4.78, 5) is 7.42. The fourth-order valence-corrected chi connectivity index (χ4v) is 4.90. The van der Waals surface area contributed by atoms with Crippen molar-refractivity contribution in [1.29, 1.82) is 0 Å². The largest absolute Gasteiger partial charge is 0.373 e. The third kappa shape index (κ3) is 5.00. The number of ether oxygens (including phenoxy) is 1. The zero-order chi connectivity index (χ0) is 19.3. The lowest BCUT2D eigenvalue weighted by atomic mass is 9.95. The molecule has 3 aliphatic rings. The Kier molecular flexibility index (Phi) is 6.76. The van der Waals surface area contributed by atoms with Crippen molar-refractivity contribution in [3.8, 4) is 0 Å². The van der Waals surface area contributed by atoms with Gasteiger partial charge in [0.25, 0.3) is 0 Å². The molecule has 4 rings (SSSR count). The summed E-state index contributed by atoms with van der Waals surface area (Å²) < 4.78 is 5.97. The van der Waals surface area contributed by atoms with Crippen LogP contribution in [0.5, 0.6) is 0 Å². The van der Waals surface area contributed by atoms with Crippen molar-refractivity contribution >= 4 is 17.6 Å². The number of benzene rings is 1. The van der Waals surface area contributed by atoms with Crippen molar-refractivity contribution in [3.63, 3.8) is 0 Å².